The second kappa shape index (κ2) is 29.7. The first-order valence-corrected chi connectivity index (χ1v) is 34.3. The molecule has 0 heteroatoms. The van der Waals surface area contributed by atoms with Gasteiger partial charge in [-0.1, -0.05) is 266 Å². The lowest BCUT2D eigenvalue weighted by atomic mass is 9.42. The molecule has 418 valence electrons. The van der Waals surface area contributed by atoms with Crippen LogP contribution >= 0.6 is 0 Å². The molecule has 0 spiro atoms. The number of hydrogen-bond acceptors (Lipinski definition) is 0. The molecule has 5 fully saturated rings. The van der Waals surface area contributed by atoms with E-state index >= 15 is 0 Å². The molecule has 0 aromatic heterocycles. The van der Waals surface area contributed by atoms with Crippen molar-refractivity contribution >= 4 is 0 Å². The number of rotatable bonds is 25. The van der Waals surface area contributed by atoms with E-state index in [0.29, 0.717) is 5.41 Å². The van der Waals surface area contributed by atoms with Crippen LogP contribution in [0.5, 0.6) is 0 Å². The average Bonchev–Trinajstić information content (AvgIpc) is 3.39. The van der Waals surface area contributed by atoms with Gasteiger partial charge in [-0.05, 0) is 186 Å². The van der Waals surface area contributed by atoms with Gasteiger partial charge in [-0.3, -0.25) is 0 Å². The van der Waals surface area contributed by atoms with Crippen LogP contribution in [0.25, 0.3) is 0 Å². The van der Waals surface area contributed by atoms with Gasteiger partial charge in [0, 0.05) is 0 Å². The van der Waals surface area contributed by atoms with Gasteiger partial charge in [0.15, 0.2) is 0 Å². The highest BCUT2D eigenvalue weighted by molar-refractivity contribution is 5.07. The fourth-order valence-corrected chi connectivity index (χ4v) is 22.8. The lowest BCUT2D eigenvalue weighted by Gasteiger charge is -2.63. The minimum absolute atomic E-state index is 0.466. The molecule has 5 rings (SSSR count). The van der Waals surface area contributed by atoms with Crippen molar-refractivity contribution in [3.8, 4) is 0 Å². The van der Waals surface area contributed by atoms with E-state index in [1.165, 1.54) is 141 Å². The fraction of sp³-hybridized carbons (Fsp3) is 1.00. The summed E-state index contributed by atoms with van der Waals surface area (Å²) in [6.45, 7) is 47.4. The first kappa shape index (κ1) is 61.8. The molecule has 0 radical (unpaired) electrons. The maximum absolute atomic E-state index is 2.78. The van der Waals surface area contributed by atoms with Crippen LogP contribution in [0.3, 0.4) is 0 Å². The molecule has 0 N–H and O–H groups in total. The summed E-state index contributed by atoms with van der Waals surface area (Å²) in [5.74, 6) is 22.4. The third-order valence-electron chi connectivity index (χ3n) is 26.4. The van der Waals surface area contributed by atoms with Gasteiger partial charge in [-0.15, -0.1) is 0 Å². The van der Waals surface area contributed by atoms with Gasteiger partial charge in [-0.2, -0.15) is 0 Å². The Morgan fingerprint density at radius 3 is 1.27 bits per heavy atom. The molecule has 0 aromatic rings. The smallest absolute Gasteiger partial charge is 0.0300 e. The highest BCUT2D eigenvalue weighted by atomic mass is 14.6. The summed E-state index contributed by atoms with van der Waals surface area (Å²) in [6, 6.07) is 0. The monoisotopic (exact) mass is 987 g/mol. The largest absolute Gasteiger partial charge is 0.0654 e. The van der Waals surface area contributed by atoms with Crippen LogP contribution in [0.2, 0.25) is 0 Å². The predicted molar refractivity (Wildman–Crippen MR) is 318 cm³/mol. The van der Waals surface area contributed by atoms with Crippen molar-refractivity contribution in [2.75, 3.05) is 0 Å². The van der Waals surface area contributed by atoms with Crippen LogP contribution in [0.15, 0.2) is 0 Å². The standard InChI is InChI=1S/C71H134/c1-19-38-49(20-2)66-45-50(46-67(56(66)26-8)71(18,32-14)33-15)62(68-57(27-9)52(22-4)51(21-3)53(23-5)58(68)28-10)41-34-35-42-65-64-44-37-40-48(17)47(16)39-36-43-63(64)61(31-13)69-59(29-11)54(24-6)55(25-7)60(30-12)70(65)69/h47-70H,19-46H2,1-18H3/t47-,48+,49-,50+,51?,52-,53+,54-,55+,56-,57-,58+,59-,60+,61+,62-,63-,64-,65-,66+,67+,68?,69+,70-/m1/s1. The SMILES string of the molecule is CCC[C@@H](CC)[C@@H]1C[C@H]([C@@H](CCCC[C@@H]2[C@@H]3CCC[C@H](C)[C@H](C)CCC[C@@H]3[C@H](CC)[C@@H]3[C@H](CC)[C@H](CC)[C@H](CC)[C@H](CC)[C@H]23)C2[C@@H](CC)[C@@H](CC)C(CC)[C@@H](CC)[C@H]2CC)C[C@H](C(C)(CC)CC)[C@@H]1CC. The van der Waals surface area contributed by atoms with E-state index in [9.17, 15) is 0 Å². The number of hydrogen-bond donors (Lipinski definition) is 0. The highest BCUT2D eigenvalue weighted by Gasteiger charge is 2.59. The average molecular weight is 988 g/mol. The van der Waals surface area contributed by atoms with Crippen LogP contribution in [0.4, 0.5) is 0 Å². The minimum atomic E-state index is 0.466. The third kappa shape index (κ3) is 13.0. The summed E-state index contributed by atoms with van der Waals surface area (Å²) in [4.78, 5) is 0. The summed E-state index contributed by atoms with van der Waals surface area (Å²) >= 11 is 0. The molecule has 5 saturated carbocycles. The first-order valence-electron chi connectivity index (χ1n) is 34.3. The van der Waals surface area contributed by atoms with Gasteiger partial charge in [0.25, 0.3) is 0 Å². The minimum Gasteiger partial charge on any atom is -0.0654 e. The summed E-state index contributed by atoms with van der Waals surface area (Å²) < 4.78 is 0. The van der Waals surface area contributed by atoms with Gasteiger partial charge in [0.1, 0.15) is 0 Å². The molecular formula is C71H134. The van der Waals surface area contributed by atoms with Gasteiger partial charge in [0.2, 0.25) is 0 Å². The molecule has 0 aromatic carbocycles. The van der Waals surface area contributed by atoms with Crippen molar-refractivity contribution in [1.82, 2.24) is 0 Å². The van der Waals surface area contributed by atoms with E-state index in [4.69, 9.17) is 0 Å². The third-order valence-corrected chi connectivity index (χ3v) is 26.4. The lowest BCUT2D eigenvalue weighted by molar-refractivity contribution is -0.151. The predicted octanol–water partition coefficient (Wildman–Crippen LogP) is 23.1. The van der Waals surface area contributed by atoms with E-state index in [1.807, 2.05) is 0 Å². The van der Waals surface area contributed by atoms with E-state index in [-0.39, 0.29) is 0 Å². The van der Waals surface area contributed by atoms with Crippen molar-refractivity contribution in [2.24, 2.45) is 147 Å². The van der Waals surface area contributed by atoms with Gasteiger partial charge >= 0.3 is 0 Å². The molecule has 0 nitrogen and oxygen atoms in total. The van der Waals surface area contributed by atoms with Crippen molar-refractivity contribution in [3.05, 3.63) is 0 Å². The Balaban J connectivity index is 1.62. The maximum atomic E-state index is 2.78. The van der Waals surface area contributed by atoms with Crippen molar-refractivity contribution in [2.45, 2.75) is 304 Å². The molecule has 2 unspecified atom stereocenters. The molecular weight excluding hydrogens is 853 g/mol. The number of fused-ring (bicyclic) bond motifs is 2. The zero-order valence-electron chi connectivity index (χ0n) is 52.2. The van der Waals surface area contributed by atoms with Crippen molar-refractivity contribution in [1.29, 1.82) is 0 Å². The molecule has 71 heavy (non-hydrogen) atoms. The Hall–Kier alpha value is 0. The lowest BCUT2D eigenvalue weighted by Crippen LogP contribution is -2.57. The first-order chi connectivity index (χ1) is 34.3. The van der Waals surface area contributed by atoms with E-state index in [0.717, 1.165) is 142 Å². The molecule has 5 aliphatic rings. The second-order valence-corrected chi connectivity index (χ2v) is 28.1. The number of unbranched alkanes of at least 4 members (excludes halogenated alkanes) is 1. The molecule has 5 aliphatic carbocycles. The summed E-state index contributed by atoms with van der Waals surface area (Å²) in [6.07, 6.45) is 41.0. The van der Waals surface area contributed by atoms with Gasteiger partial charge in [0.05, 0.1) is 0 Å². The Labute approximate surface area is 449 Å². The Morgan fingerprint density at radius 1 is 0.423 bits per heavy atom. The quantitative estimate of drug-likeness (QED) is 0.0800. The fourth-order valence-electron chi connectivity index (χ4n) is 22.8. The van der Waals surface area contributed by atoms with Crippen LogP contribution in [0.1, 0.15) is 304 Å². The topological polar surface area (TPSA) is 0 Å². The molecule has 0 aliphatic heterocycles. The maximum Gasteiger partial charge on any atom is -0.0300 e. The Bertz CT molecular complexity index is 1400. The Morgan fingerprint density at radius 2 is 0.845 bits per heavy atom. The second-order valence-electron chi connectivity index (χ2n) is 28.1. The molecule has 0 saturated heterocycles. The van der Waals surface area contributed by atoms with Crippen LogP contribution in [0, 0.1) is 147 Å². The zero-order chi connectivity index (χ0) is 52.2. The van der Waals surface area contributed by atoms with Gasteiger partial charge < -0.3 is 0 Å². The van der Waals surface area contributed by atoms with Crippen LogP contribution in [-0.2, 0) is 0 Å². The van der Waals surface area contributed by atoms with E-state index in [1.54, 1.807) is 38.5 Å². The normalized spacial score (nSPS) is 42.5. The van der Waals surface area contributed by atoms with Crippen molar-refractivity contribution in [3.63, 3.8) is 0 Å². The molecule has 0 bridgehead atoms. The van der Waals surface area contributed by atoms with Crippen LogP contribution in [-0.4, -0.2) is 0 Å². The molecule has 0 heterocycles. The van der Waals surface area contributed by atoms with E-state index in [2.05, 4.69) is 125 Å². The Kier molecular flexibility index (Phi) is 25.8. The molecule has 0 amide bonds. The summed E-state index contributed by atoms with van der Waals surface area (Å²) in [7, 11) is 0. The highest BCUT2D eigenvalue weighted by Crippen LogP contribution is 2.65. The zero-order valence-corrected chi connectivity index (χ0v) is 52.2. The van der Waals surface area contributed by atoms with E-state index < -0.39 is 0 Å². The summed E-state index contributed by atoms with van der Waals surface area (Å²) in [5, 5.41) is 0. The molecule has 24 atom stereocenters. The van der Waals surface area contributed by atoms with Crippen molar-refractivity contribution < 1.29 is 0 Å². The van der Waals surface area contributed by atoms with Gasteiger partial charge in [-0.25, -0.2) is 0 Å². The van der Waals surface area contributed by atoms with Crippen LogP contribution < -0.4 is 0 Å². The summed E-state index contributed by atoms with van der Waals surface area (Å²) in [5.41, 5.74) is 0.466.